The van der Waals surface area contributed by atoms with E-state index in [9.17, 15) is 4.79 Å². The second kappa shape index (κ2) is 6.02. The fraction of sp³-hybridized carbons (Fsp3) is 0.471. The van der Waals surface area contributed by atoms with E-state index in [1.807, 2.05) is 19.9 Å². The van der Waals surface area contributed by atoms with Gasteiger partial charge in [0.2, 0.25) is 0 Å². The van der Waals surface area contributed by atoms with Gasteiger partial charge in [-0.25, -0.2) is 0 Å². The summed E-state index contributed by atoms with van der Waals surface area (Å²) in [5, 5.41) is 0.970. The van der Waals surface area contributed by atoms with Crippen molar-refractivity contribution in [2.75, 3.05) is 0 Å². The highest BCUT2D eigenvalue weighted by atomic mass is 35.5. The highest BCUT2D eigenvalue weighted by molar-refractivity contribution is 6.42. The van der Waals surface area contributed by atoms with E-state index < -0.39 is 0 Å². The maximum Gasteiger partial charge on any atom is 0.310 e. The number of hydrogen-bond acceptors (Lipinski definition) is 2. The van der Waals surface area contributed by atoms with Crippen LogP contribution in [0.5, 0.6) is 0 Å². The molecule has 4 heteroatoms. The Labute approximate surface area is 136 Å². The number of allylic oxidation sites excluding steroid dienone is 2. The lowest BCUT2D eigenvalue weighted by molar-refractivity contribution is -0.147. The van der Waals surface area contributed by atoms with Crippen LogP contribution < -0.4 is 0 Å². The Balaban J connectivity index is 1.97. The second-order valence-electron chi connectivity index (χ2n) is 6.43. The Morgan fingerprint density at radius 1 is 1.29 bits per heavy atom. The minimum Gasteiger partial charge on any atom is -0.461 e. The summed E-state index contributed by atoms with van der Waals surface area (Å²) in [6.07, 6.45) is 2.16. The van der Waals surface area contributed by atoms with Crippen LogP contribution in [0, 0.1) is 17.3 Å². The van der Waals surface area contributed by atoms with E-state index in [2.05, 4.69) is 19.9 Å². The molecular weight excluding hydrogens is 307 g/mol. The van der Waals surface area contributed by atoms with E-state index in [4.69, 9.17) is 27.9 Å². The summed E-state index contributed by atoms with van der Waals surface area (Å²) >= 11 is 11.8. The molecule has 0 N–H and O–H groups in total. The molecule has 0 unspecified atom stereocenters. The third kappa shape index (κ3) is 3.61. The second-order valence-corrected chi connectivity index (χ2v) is 7.24. The van der Waals surface area contributed by atoms with E-state index in [-0.39, 0.29) is 29.8 Å². The Kier molecular flexibility index (Phi) is 4.69. The molecule has 2 rings (SSSR count). The van der Waals surface area contributed by atoms with Crippen LogP contribution >= 0.6 is 23.2 Å². The van der Waals surface area contributed by atoms with E-state index in [0.717, 1.165) is 5.56 Å². The lowest BCUT2D eigenvalue weighted by Crippen LogP contribution is -2.10. The molecule has 1 aliphatic rings. The molecule has 2 atom stereocenters. The predicted molar refractivity (Wildman–Crippen MR) is 86.5 cm³/mol. The van der Waals surface area contributed by atoms with Crippen LogP contribution in [0.1, 0.15) is 33.3 Å². The number of ether oxygens (including phenoxy) is 1. The molecule has 0 bridgehead atoms. The summed E-state index contributed by atoms with van der Waals surface area (Å²) in [5.74, 6) is 0.0625. The van der Waals surface area contributed by atoms with Gasteiger partial charge in [-0.1, -0.05) is 54.8 Å². The average molecular weight is 327 g/mol. The molecule has 0 aliphatic heterocycles. The molecule has 0 spiro atoms. The van der Waals surface area contributed by atoms with Crippen molar-refractivity contribution in [3.8, 4) is 0 Å². The summed E-state index contributed by atoms with van der Waals surface area (Å²) in [4.78, 5) is 12.2. The number of rotatable bonds is 4. The zero-order valence-electron chi connectivity index (χ0n) is 12.7. The molecule has 1 saturated carbocycles. The smallest absolute Gasteiger partial charge is 0.310 e. The van der Waals surface area contributed by atoms with Crippen LogP contribution in [0.15, 0.2) is 29.8 Å². The van der Waals surface area contributed by atoms with Gasteiger partial charge in [-0.2, -0.15) is 0 Å². The van der Waals surface area contributed by atoms with Gasteiger partial charge in [0.1, 0.15) is 6.61 Å². The highest BCUT2D eigenvalue weighted by Gasteiger charge is 2.61. The minimum absolute atomic E-state index is 0.0218. The van der Waals surface area contributed by atoms with Gasteiger partial charge in [0.25, 0.3) is 0 Å². The zero-order valence-corrected chi connectivity index (χ0v) is 14.3. The van der Waals surface area contributed by atoms with E-state index in [1.54, 1.807) is 12.1 Å². The summed E-state index contributed by atoms with van der Waals surface area (Å²) in [6.45, 7) is 8.52. The molecule has 0 heterocycles. The molecule has 0 amide bonds. The van der Waals surface area contributed by atoms with Gasteiger partial charge in [-0.3, -0.25) is 4.79 Å². The summed E-state index contributed by atoms with van der Waals surface area (Å²) in [5.41, 5.74) is 2.05. The molecule has 0 saturated heterocycles. The number of carbonyl (C=O) groups is 1. The lowest BCUT2D eigenvalue weighted by atomic mass is 10.1. The van der Waals surface area contributed by atoms with Gasteiger partial charge in [-0.05, 0) is 42.9 Å². The quantitative estimate of drug-likeness (QED) is 0.556. The zero-order chi connectivity index (χ0) is 15.8. The Bertz CT molecular complexity index is 586. The van der Waals surface area contributed by atoms with Gasteiger partial charge in [0.05, 0.1) is 16.0 Å². The fourth-order valence-corrected chi connectivity index (χ4v) is 2.99. The number of carbonyl (C=O) groups excluding carboxylic acids is 1. The lowest BCUT2D eigenvalue weighted by Gasteiger charge is -2.06. The van der Waals surface area contributed by atoms with Crippen molar-refractivity contribution in [3.05, 3.63) is 45.5 Å². The highest BCUT2D eigenvalue weighted by Crippen LogP contribution is 2.59. The van der Waals surface area contributed by atoms with Crippen molar-refractivity contribution >= 4 is 29.2 Å². The molecule has 1 aromatic rings. The van der Waals surface area contributed by atoms with Crippen molar-refractivity contribution in [3.63, 3.8) is 0 Å². The molecule has 0 aromatic heterocycles. The topological polar surface area (TPSA) is 26.3 Å². The molecule has 1 fully saturated rings. The number of hydrogen-bond donors (Lipinski definition) is 0. The maximum atomic E-state index is 12.2. The summed E-state index contributed by atoms with van der Waals surface area (Å²) in [6, 6.07) is 5.25. The molecule has 0 radical (unpaired) electrons. The number of esters is 1. The number of benzene rings is 1. The third-order valence-electron chi connectivity index (χ3n) is 4.04. The van der Waals surface area contributed by atoms with Crippen molar-refractivity contribution in [2.45, 2.75) is 34.3 Å². The van der Waals surface area contributed by atoms with Crippen LogP contribution in [-0.2, 0) is 16.1 Å². The summed E-state index contributed by atoms with van der Waals surface area (Å²) < 4.78 is 5.42. The monoisotopic (exact) mass is 326 g/mol. The van der Waals surface area contributed by atoms with Gasteiger partial charge in [0, 0.05) is 0 Å². The first-order valence-corrected chi connectivity index (χ1v) is 7.74. The molecule has 1 aromatic carbocycles. The minimum atomic E-state index is -0.145. The first-order chi connectivity index (χ1) is 9.73. The van der Waals surface area contributed by atoms with Crippen molar-refractivity contribution in [1.29, 1.82) is 0 Å². The maximum absolute atomic E-state index is 12.2. The molecule has 21 heavy (non-hydrogen) atoms. The van der Waals surface area contributed by atoms with E-state index in [1.165, 1.54) is 5.57 Å². The van der Waals surface area contributed by atoms with Gasteiger partial charge in [-0.15, -0.1) is 0 Å². The van der Waals surface area contributed by atoms with Gasteiger partial charge in [0.15, 0.2) is 0 Å². The van der Waals surface area contributed by atoms with Crippen molar-refractivity contribution in [2.24, 2.45) is 17.3 Å². The predicted octanol–water partition coefficient (Wildman–Crippen LogP) is 5.28. The Hall–Kier alpha value is -0.990. The van der Waals surface area contributed by atoms with E-state index in [0.29, 0.717) is 10.0 Å². The molecule has 2 nitrogen and oxygen atoms in total. The SMILES string of the molecule is CC(C)=C[C@H]1[C@@H](C(=O)OCc2ccc(Cl)c(Cl)c2)C1(C)C. The van der Waals surface area contributed by atoms with Crippen LogP contribution in [0.25, 0.3) is 0 Å². The molecular formula is C17H20Cl2O2. The van der Waals surface area contributed by atoms with Gasteiger partial charge < -0.3 is 4.74 Å². The average Bonchev–Trinajstić information content (AvgIpc) is 2.91. The number of halogens is 2. The van der Waals surface area contributed by atoms with E-state index >= 15 is 0 Å². The first-order valence-electron chi connectivity index (χ1n) is 6.99. The third-order valence-corrected chi connectivity index (χ3v) is 4.78. The van der Waals surface area contributed by atoms with Crippen LogP contribution in [-0.4, -0.2) is 5.97 Å². The standard InChI is InChI=1S/C17H20Cl2O2/c1-10(2)7-12-15(17(12,3)4)16(20)21-9-11-5-6-13(18)14(19)8-11/h5-8,12,15H,9H2,1-4H3/t12-,15-/m0/s1. The van der Waals surface area contributed by atoms with Crippen molar-refractivity contribution < 1.29 is 9.53 Å². The van der Waals surface area contributed by atoms with Crippen molar-refractivity contribution in [1.82, 2.24) is 0 Å². The van der Waals surface area contributed by atoms with Crippen LogP contribution in [0.3, 0.4) is 0 Å². The molecule has 1 aliphatic carbocycles. The Morgan fingerprint density at radius 3 is 2.52 bits per heavy atom. The summed E-state index contributed by atoms with van der Waals surface area (Å²) in [7, 11) is 0. The largest absolute Gasteiger partial charge is 0.461 e. The first kappa shape index (κ1) is 16.4. The van der Waals surface area contributed by atoms with Gasteiger partial charge >= 0.3 is 5.97 Å². The van der Waals surface area contributed by atoms with Crippen LogP contribution in [0.4, 0.5) is 0 Å². The molecule has 114 valence electrons. The normalized spacial score (nSPS) is 22.6. The van der Waals surface area contributed by atoms with Crippen LogP contribution in [0.2, 0.25) is 10.0 Å². The Morgan fingerprint density at radius 2 is 1.95 bits per heavy atom. The fourth-order valence-electron chi connectivity index (χ4n) is 2.67.